The van der Waals surface area contributed by atoms with E-state index >= 15 is 0 Å². The maximum Gasteiger partial charge on any atom is 0.387 e. The zero-order valence-corrected chi connectivity index (χ0v) is 14.6. The van der Waals surface area contributed by atoms with Crippen molar-refractivity contribution in [3.05, 3.63) is 39.4 Å². The highest BCUT2D eigenvalue weighted by molar-refractivity contribution is 7.71. The third kappa shape index (κ3) is 3.87. The van der Waals surface area contributed by atoms with Gasteiger partial charge in [-0.05, 0) is 62.2 Å². The average Bonchev–Trinajstić information content (AvgIpc) is 3.31. The molecule has 1 fully saturated rings. The minimum atomic E-state index is -2.90. The summed E-state index contributed by atoms with van der Waals surface area (Å²) in [5.74, 6) is 0.458. The Bertz CT molecular complexity index is 835. The Morgan fingerprint density at radius 2 is 2.08 bits per heavy atom. The second-order valence-electron chi connectivity index (χ2n) is 6.05. The molecule has 1 saturated carbocycles. The van der Waals surface area contributed by atoms with Crippen molar-refractivity contribution in [3.63, 3.8) is 0 Å². The van der Waals surface area contributed by atoms with E-state index in [4.69, 9.17) is 12.2 Å². The maximum absolute atomic E-state index is 12.4. The van der Waals surface area contributed by atoms with E-state index in [2.05, 4.69) is 20.3 Å². The van der Waals surface area contributed by atoms with Crippen LogP contribution in [0.3, 0.4) is 0 Å². The van der Waals surface area contributed by atoms with E-state index in [1.807, 2.05) is 4.57 Å². The molecule has 0 radical (unpaired) electrons. The number of amides is 1. The van der Waals surface area contributed by atoms with E-state index < -0.39 is 6.61 Å². The number of benzene rings is 1. The number of aromatic amines is 1. The molecule has 0 saturated heterocycles. The number of halogens is 2. The molecule has 0 bridgehead atoms. The SMILES string of the molecule is Cc1cc(C(=O)NCc2n[nH]c(=S)n2C2CC2)cc(C)c1OC(F)F. The third-order valence-electron chi connectivity index (χ3n) is 4.03. The molecule has 1 aliphatic rings. The van der Waals surface area contributed by atoms with Crippen molar-refractivity contribution in [1.29, 1.82) is 0 Å². The molecule has 6 nitrogen and oxygen atoms in total. The third-order valence-corrected chi connectivity index (χ3v) is 4.31. The minimum absolute atomic E-state index is 0.0983. The zero-order chi connectivity index (χ0) is 18.1. The first-order valence-electron chi connectivity index (χ1n) is 7.87. The van der Waals surface area contributed by atoms with Gasteiger partial charge in [0.15, 0.2) is 10.6 Å². The van der Waals surface area contributed by atoms with Gasteiger partial charge >= 0.3 is 6.61 Å². The van der Waals surface area contributed by atoms with Gasteiger partial charge in [-0.2, -0.15) is 13.9 Å². The predicted octanol–water partition coefficient (Wildman–Crippen LogP) is 3.42. The molecule has 25 heavy (non-hydrogen) atoms. The zero-order valence-electron chi connectivity index (χ0n) is 13.8. The van der Waals surface area contributed by atoms with E-state index in [9.17, 15) is 13.6 Å². The number of aryl methyl sites for hydroxylation is 2. The molecule has 2 aromatic rings. The topological polar surface area (TPSA) is 71.9 Å². The Morgan fingerprint density at radius 1 is 1.44 bits per heavy atom. The van der Waals surface area contributed by atoms with Crippen LogP contribution in [0.4, 0.5) is 8.78 Å². The summed E-state index contributed by atoms with van der Waals surface area (Å²) in [6, 6.07) is 3.41. The monoisotopic (exact) mass is 368 g/mol. The molecule has 1 aromatic heterocycles. The average molecular weight is 368 g/mol. The molecule has 3 rings (SSSR count). The van der Waals surface area contributed by atoms with Gasteiger partial charge in [-0.1, -0.05) is 0 Å². The fourth-order valence-corrected chi connectivity index (χ4v) is 3.09. The lowest BCUT2D eigenvalue weighted by Gasteiger charge is -2.13. The smallest absolute Gasteiger partial charge is 0.387 e. The van der Waals surface area contributed by atoms with Gasteiger partial charge in [-0.3, -0.25) is 14.5 Å². The maximum atomic E-state index is 12.4. The second-order valence-corrected chi connectivity index (χ2v) is 6.43. The highest BCUT2D eigenvalue weighted by atomic mass is 32.1. The van der Waals surface area contributed by atoms with Gasteiger partial charge < -0.3 is 10.1 Å². The molecule has 134 valence electrons. The Balaban J connectivity index is 1.72. The van der Waals surface area contributed by atoms with Crippen molar-refractivity contribution in [1.82, 2.24) is 20.1 Å². The number of carbonyl (C=O) groups excluding carboxylic acids is 1. The van der Waals surface area contributed by atoms with Crippen LogP contribution in [0.5, 0.6) is 5.75 Å². The summed E-state index contributed by atoms with van der Waals surface area (Å²) in [7, 11) is 0. The number of ether oxygens (including phenoxy) is 1. The highest BCUT2D eigenvalue weighted by Gasteiger charge is 2.27. The van der Waals surface area contributed by atoms with Crippen LogP contribution in [-0.4, -0.2) is 27.3 Å². The molecule has 1 heterocycles. The number of nitrogens with zero attached hydrogens (tertiary/aromatic N) is 2. The van der Waals surface area contributed by atoms with Crippen molar-refractivity contribution in [2.75, 3.05) is 0 Å². The molecule has 0 unspecified atom stereocenters. The Labute approximate surface area is 148 Å². The van der Waals surface area contributed by atoms with Crippen LogP contribution in [0, 0.1) is 18.6 Å². The number of hydrogen-bond donors (Lipinski definition) is 2. The molecule has 0 atom stereocenters. The van der Waals surface area contributed by atoms with Gasteiger partial charge in [0.05, 0.1) is 6.54 Å². The Kier molecular flexibility index (Phi) is 4.85. The van der Waals surface area contributed by atoms with Crippen molar-refractivity contribution in [2.45, 2.75) is 45.9 Å². The molecular weight excluding hydrogens is 350 g/mol. The fraction of sp³-hybridized carbons (Fsp3) is 0.438. The minimum Gasteiger partial charge on any atom is -0.434 e. The summed E-state index contributed by atoms with van der Waals surface area (Å²) in [5, 5.41) is 9.68. The van der Waals surface area contributed by atoms with Gasteiger partial charge in [0.2, 0.25) is 0 Å². The Morgan fingerprint density at radius 3 is 2.64 bits per heavy atom. The number of alkyl halides is 2. The summed E-state index contributed by atoms with van der Waals surface area (Å²) in [4.78, 5) is 12.4. The second kappa shape index (κ2) is 6.91. The van der Waals surface area contributed by atoms with Crippen molar-refractivity contribution in [2.24, 2.45) is 0 Å². The standard InChI is InChI=1S/C16H18F2N4O2S/c1-8-5-10(6-9(2)13(8)24-15(17)18)14(23)19-7-12-20-21-16(25)22(12)11-3-4-11/h5-6,11,15H,3-4,7H2,1-2H3,(H,19,23)(H,21,25). The lowest BCUT2D eigenvalue weighted by atomic mass is 10.1. The summed E-state index contributed by atoms with van der Waals surface area (Å²) < 4.78 is 31.8. The van der Waals surface area contributed by atoms with Crippen molar-refractivity contribution < 1.29 is 18.3 Å². The van der Waals surface area contributed by atoms with Crippen LogP contribution in [0.2, 0.25) is 0 Å². The van der Waals surface area contributed by atoms with Gasteiger partial charge in [0.25, 0.3) is 5.91 Å². The van der Waals surface area contributed by atoms with Crippen molar-refractivity contribution >= 4 is 18.1 Å². The number of nitrogens with one attached hydrogen (secondary N) is 2. The van der Waals surface area contributed by atoms with Crippen molar-refractivity contribution in [3.8, 4) is 5.75 Å². The van der Waals surface area contributed by atoms with Gasteiger partial charge in [-0.25, -0.2) is 0 Å². The first-order chi connectivity index (χ1) is 11.9. The van der Waals surface area contributed by atoms with E-state index in [1.54, 1.807) is 13.8 Å². The number of aromatic nitrogens is 3. The van der Waals surface area contributed by atoms with Crippen LogP contribution in [0.15, 0.2) is 12.1 Å². The quantitative estimate of drug-likeness (QED) is 0.767. The fourth-order valence-electron chi connectivity index (χ4n) is 2.79. The van der Waals surface area contributed by atoms with Gasteiger partial charge in [0.1, 0.15) is 5.75 Å². The molecule has 2 N–H and O–H groups in total. The highest BCUT2D eigenvalue weighted by Crippen LogP contribution is 2.35. The van der Waals surface area contributed by atoms with E-state index in [0.29, 0.717) is 33.3 Å². The predicted molar refractivity (Wildman–Crippen MR) is 89.4 cm³/mol. The van der Waals surface area contributed by atoms with E-state index in [0.717, 1.165) is 12.8 Å². The van der Waals surface area contributed by atoms with Crippen LogP contribution in [-0.2, 0) is 6.54 Å². The number of hydrogen-bond acceptors (Lipinski definition) is 4. The summed E-state index contributed by atoms with van der Waals surface area (Å²) >= 11 is 5.20. The molecule has 1 amide bonds. The van der Waals surface area contributed by atoms with E-state index in [1.165, 1.54) is 12.1 Å². The largest absolute Gasteiger partial charge is 0.434 e. The molecule has 1 aliphatic carbocycles. The summed E-state index contributed by atoms with van der Waals surface area (Å²) in [5.41, 5.74) is 1.33. The first-order valence-corrected chi connectivity index (χ1v) is 8.27. The Hall–Kier alpha value is -2.29. The molecule has 1 aromatic carbocycles. The molecule has 0 aliphatic heterocycles. The van der Waals surface area contributed by atoms with Crippen LogP contribution in [0.25, 0.3) is 0 Å². The number of H-pyrrole nitrogens is 1. The van der Waals surface area contributed by atoms with Gasteiger partial charge in [-0.15, -0.1) is 0 Å². The van der Waals surface area contributed by atoms with Crippen LogP contribution in [0.1, 0.15) is 46.2 Å². The molecule has 9 heteroatoms. The van der Waals surface area contributed by atoms with Gasteiger partial charge in [0, 0.05) is 11.6 Å². The number of rotatable bonds is 6. The normalized spacial score (nSPS) is 14.0. The lowest BCUT2D eigenvalue weighted by Crippen LogP contribution is -2.25. The summed E-state index contributed by atoms with van der Waals surface area (Å²) in [6.45, 7) is 0.581. The number of carbonyl (C=O) groups is 1. The first kappa shape index (κ1) is 17.5. The van der Waals surface area contributed by atoms with Crippen LogP contribution < -0.4 is 10.1 Å². The van der Waals surface area contributed by atoms with E-state index in [-0.39, 0.29) is 18.2 Å². The molecule has 0 spiro atoms. The molecular formula is C16H18F2N4O2S. The lowest BCUT2D eigenvalue weighted by molar-refractivity contribution is -0.0507. The summed E-state index contributed by atoms with van der Waals surface area (Å²) in [6.07, 6.45) is 2.11. The van der Waals surface area contributed by atoms with Crippen LogP contribution >= 0.6 is 12.2 Å².